The van der Waals surface area contributed by atoms with Gasteiger partial charge in [-0.3, -0.25) is 0 Å². The molecule has 1 heterocycles. The van der Waals surface area contributed by atoms with Crippen molar-refractivity contribution < 1.29 is 4.74 Å². The third-order valence-corrected chi connectivity index (χ3v) is 3.63. The van der Waals surface area contributed by atoms with Crippen molar-refractivity contribution in [1.82, 2.24) is 9.97 Å². The summed E-state index contributed by atoms with van der Waals surface area (Å²) in [7, 11) is 0. The summed E-state index contributed by atoms with van der Waals surface area (Å²) < 4.78 is 5.77. The van der Waals surface area contributed by atoms with Crippen LogP contribution >= 0.6 is 46.4 Å². The number of hydrogen-bond donors (Lipinski definition) is 1. The molecule has 102 valence electrons. The number of nitrogens with one attached hydrogen (secondary N) is 1. The normalized spacial score (nSPS) is 11.0. The summed E-state index contributed by atoms with van der Waals surface area (Å²) in [5.74, 6) is 0.999. The second-order valence-electron chi connectivity index (χ2n) is 3.98. The van der Waals surface area contributed by atoms with Crippen molar-refractivity contribution in [3.63, 3.8) is 0 Å². The van der Waals surface area contributed by atoms with Crippen LogP contribution in [-0.2, 0) is 0 Å². The quantitative estimate of drug-likeness (QED) is 0.620. The largest absolute Gasteiger partial charge is 0.454 e. The first-order valence-corrected chi connectivity index (χ1v) is 7.02. The lowest BCUT2D eigenvalue weighted by Crippen LogP contribution is -1.88. The number of hydrogen-bond acceptors (Lipinski definition) is 2. The number of halogens is 4. The molecule has 0 aliphatic heterocycles. The molecule has 0 aliphatic carbocycles. The molecular formula is C13H6Cl4N2O. The van der Waals surface area contributed by atoms with E-state index < -0.39 is 0 Å². The number of fused-ring (bicyclic) bond motifs is 1. The summed E-state index contributed by atoms with van der Waals surface area (Å²) in [6.07, 6.45) is 0. The number of ether oxygens (including phenoxy) is 1. The molecule has 2 aromatic carbocycles. The molecule has 0 bridgehead atoms. The molecular weight excluding hydrogens is 342 g/mol. The molecule has 0 atom stereocenters. The van der Waals surface area contributed by atoms with E-state index in [9.17, 15) is 0 Å². The first kappa shape index (κ1) is 13.8. The maximum atomic E-state index is 6.17. The summed E-state index contributed by atoms with van der Waals surface area (Å²) in [4.78, 5) is 6.96. The first-order chi connectivity index (χ1) is 9.54. The van der Waals surface area contributed by atoms with Gasteiger partial charge in [0.1, 0.15) is 16.8 Å². The lowest BCUT2D eigenvalue weighted by molar-refractivity contribution is 0.487. The molecule has 0 spiro atoms. The van der Waals surface area contributed by atoms with Crippen molar-refractivity contribution in [2.24, 2.45) is 0 Å². The number of H-pyrrole nitrogens is 1. The number of benzene rings is 2. The monoisotopic (exact) mass is 346 g/mol. The number of rotatable bonds is 2. The summed E-state index contributed by atoms with van der Waals surface area (Å²) in [5, 5.41) is 1.59. The van der Waals surface area contributed by atoms with Gasteiger partial charge in [-0.15, -0.1) is 0 Å². The van der Waals surface area contributed by atoms with E-state index in [0.29, 0.717) is 37.6 Å². The van der Waals surface area contributed by atoms with Crippen molar-refractivity contribution >= 4 is 57.4 Å². The second-order valence-corrected chi connectivity index (χ2v) is 5.59. The highest BCUT2D eigenvalue weighted by Crippen LogP contribution is 2.39. The van der Waals surface area contributed by atoms with Gasteiger partial charge in [-0.1, -0.05) is 34.8 Å². The Morgan fingerprint density at radius 3 is 2.35 bits per heavy atom. The van der Waals surface area contributed by atoms with Crippen LogP contribution in [0.2, 0.25) is 20.4 Å². The van der Waals surface area contributed by atoms with Gasteiger partial charge in [0, 0.05) is 5.02 Å². The zero-order valence-corrected chi connectivity index (χ0v) is 12.8. The maximum Gasteiger partial charge on any atom is 0.201 e. The average Bonchev–Trinajstić information content (AvgIpc) is 2.79. The molecule has 1 N–H and O–H groups in total. The van der Waals surface area contributed by atoms with Gasteiger partial charge in [0.05, 0.1) is 10.0 Å². The van der Waals surface area contributed by atoms with Gasteiger partial charge in [-0.05, 0) is 41.9 Å². The summed E-state index contributed by atoms with van der Waals surface area (Å²) in [5.41, 5.74) is 1.05. The van der Waals surface area contributed by atoms with Crippen LogP contribution in [0.4, 0.5) is 0 Å². The molecule has 0 aliphatic rings. The van der Waals surface area contributed by atoms with E-state index in [1.807, 2.05) is 0 Å². The number of aromatic nitrogens is 2. The highest BCUT2D eigenvalue weighted by atomic mass is 35.5. The van der Waals surface area contributed by atoms with Crippen LogP contribution in [0.1, 0.15) is 0 Å². The van der Waals surface area contributed by atoms with Crippen LogP contribution in [0.25, 0.3) is 11.0 Å². The topological polar surface area (TPSA) is 37.9 Å². The minimum absolute atomic E-state index is 0.213. The number of nitrogens with zero attached hydrogens (tertiary/aromatic N) is 1. The van der Waals surface area contributed by atoms with Gasteiger partial charge in [0.15, 0.2) is 5.75 Å². The Balaban J connectivity index is 2.13. The van der Waals surface area contributed by atoms with E-state index in [1.165, 1.54) is 0 Å². The molecule has 1 aromatic heterocycles. The lowest BCUT2D eigenvalue weighted by Gasteiger charge is -2.09. The Morgan fingerprint density at radius 1 is 0.950 bits per heavy atom. The van der Waals surface area contributed by atoms with E-state index >= 15 is 0 Å². The van der Waals surface area contributed by atoms with Crippen LogP contribution in [-0.4, -0.2) is 9.97 Å². The zero-order chi connectivity index (χ0) is 14.3. The lowest BCUT2D eigenvalue weighted by atomic mass is 10.3. The molecule has 0 saturated heterocycles. The van der Waals surface area contributed by atoms with Crippen molar-refractivity contribution in [2.75, 3.05) is 0 Å². The molecule has 20 heavy (non-hydrogen) atoms. The van der Waals surface area contributed by atoms with E-state index in [1.54, 1.807) is 30.3 Å². The van der Waals surface area contributed by atoms with Crippen LogP contribution < -0.4 is 4.74 Å². The van der Waals surface area contributed by atoms with Gasteiger partial charge in [-0.25, -0.2) is 4.98 Å². The summed E-state index contributed by atoms with van der Waals surface area (Å²) in [6.45, 7) is 0. The number of aromatic amines is 1. The van der Waals surface area contributed by atoms with E-state index in [2.05, 4.69) is 9.97 Å². The molecule has 3 rings (SSSR count). The van der Waals surface area contributed by atoms with Crippen LogP contribution in [0.5, 0.6) is 11.5 Å². The predicted octanol–water partition coefficient (Wildman–Crippen LogP) is 5.97. The van der Waals surface area contributed by atoms with Crippen molar-refractivity contribution in [3.8, 4) is 11.5 Å². The molecule has 0 fully saturated rings. The molecule has 7 heteroatoms. The molecule has 0 unspecified atom stereocenters. The van der Waals surface area contributed by atoms with Crippen molar-refractivity contribution in [3.05, 3.63) is 50.7 Å². The Hall–Kier alpha value is -1.13. The predicted molar refractivity (Wildman–Crippen MR) is 82.6 cm³/mol. The molecule has 3 nitrogen and oxygen atoms in total. The highest BCUT2D eigenvalue weighted by Gasteiger charge is 2.16. The fraction of sp³-hybridized carbons (Fsp3) is 0. The Labute approximate surface area is 134 Å². The Bertz CT molecular complexity index is 783. The fourth-order valence-electron chi connectivity index (χ4n) is 1.77. The molecule has 3 aromatic rings. The van der Waals surface area contributed by atoms with Gasteiger partial charge in [0.2, 0.25) is 5.28 Å². The van der Waals surface area contributed by atoms with Gasteiger partial charge in [-0.2, -0.15) is 0 Å². The molecule has 0 amide bonds. The van der Waals surface area contributed by atoms with E-state index in [-0.39, 0.29) is 5.28 Å². The van der Waals surface area contributed by atoms with Gasteiger partial charge < -0.3 is 9.72 Å². The summed E-state index contributed by atoms with van der Waals surface area (Å²) >= 11 is 23.9. The molecule has 0 radical (unpaired) electrons. The standard InChI is InChI=1S/C13H6Cl4N2O/c14-6-1-3-7(4-2-6)20-12-9(16)5-8(15)10-11(12)19-13(17)18-10/h1-5H,(H,18,19). The minimum Gasteiger partial charge on any atom is -0.454 e. The smallest absolute Gasteiger partial charge is 0.201 e. The Morgan fingerprint density at radius 2 is 1.65 bits per heavy atom. The molecule has 0 saturated carbocycles. The third kappa shape index (κ3) is 2.54. The van der Waals surface area contributed by atoms with Gasteiger partial charge >= 0.3 is 0 Å². The van der Waals surface area contributed by atoms with Crippen LogP contribution in [0, 0.1) is 0 Å². The van der Waals surface area contributed by atoms with Gasteiger partial charge in [0.25, 0.3) is 0 Å². The summed E-state index contributed by atoms with van der Waals surface area (Å²) in [6, 6.07) is 8.47. The average molecular weight is 348 g/mol. The third-order valence-electron chi connectivity index (χ3n) is 2.63. The van der Waals surface area contributed by atoms with E-state index in [4.69, 9.17) is 51.1 Å². The number of imidazole rings is 1. The maximum absolute atomic E-state index is 6.17. The van der Waals surface area contributed by atoms with E-state index in [0.717, 1.165) is 0 Å². The van der Waals surface area contributed by atoms with Crippen molar-refractivity contribution in [1.29, 1.82) is 0 Å². The Kier molecular flexibility index (Phi) is 3.69. The zero-order valence-electron chi connectivity index (χ0n) is 9.75. The van der Waals surface area contributed by atoms with Crippen LogP contribution in [0.15, 0.2) is 30.3 Å². The second kappa shape index (κ2) is 5.34. The van der Waals surface area contributed by atoms with Crippen LogP contribution in [0.3, 0.4) is 0 Å². The SMILES string of the molecule is Clc1ccc(Oc2c(Cl)cc(Cl)c3nc(Cl)[nH]c23)cc1. The first-order valence-electron chi connectivity index (χ1n) is 5.51. The fourth-order valence-corrected chi connectivity index (χ4v) is 2.62. The highest BCUT2D eigenvalue weighted by molar-refractivity contribution is 6.40. The van der Waals surface area contributed by atoms with Crippen molar-refractivity contribution in [2.45, 2.75) is 0 Å². The minimum atomic E-state index is 0.213.